The second-order valence-corrected chi connectivity index (χ2v) is 6.92. The number of aryl methyl sites for hydroxylation is 2. The highest BCUT2D eigenvalue weighted by molar-refractivity contribution is 6.10. The van der Waals surface area contributed by atoms with E-state index in [0.717, 1.165) is 16.4 Å². The molecule has 0 atom stereocenters. The standard InChI is InChI=1S/C19H21NO2/c1-11-6-7-12(2)17-16(11)14-10-13(8-9-15(14)20-17)22-18(21)19(3,4)5/h6-10,20H,1-5H3. The Hall–Kier alpha value is -2.29. The monoisotopic (exact) mass is 295 g/mol. The molecule has 3 aromatic rings. The van der Waals surface area contributed by atoms with Crippen LogP contribution in [0.5, 0.6) is 5.75 Å². The van der Waals surface area contributed by atoms with Gasteiger partial charge < -0.3 is 9.72 Å². The summed E-state index contributed by atoms with van der Waals surface area (Å²) in [6.45, 7) is 9.76. The van der Waals surface area contributed by atoms with Crippen LogP contribution in [0.3, 0.4) is 0 Å². The topological polar surface area (TPSA) is 42.1 Å². The summed E-state index contributed by atoms with van der Waals surface area (Å²) in [6, 6.07) is 10.0. The molecule has 1 heterocycles. The minimum Gasteiger partial charge on any atom is -0.426 e. The fourth-order valence-corrected chi connectivity index (χ4v) is 2.62. The Balaban J connectivity index is 2.15. The average molecular weight is 295 g/mol. The van der Waals surface area contributed by atoms with Gasteiger partial charge in [0.25, 0.3) is 0 Å². The lowest BCUT2D eigenvalue weighted by atomic mass is 9.97. The number of carbonyl (C=O) groups is 1. The summed E-state index contributed by atoms with van der Waals surface area (Å²) in [5, 5.41) is 2.29. The number of hydrogen-bond acceptors (Lipinski definition) is 2. The summed E-state index contributed by atoms with van der Waals surface area (Å²) >= 11 is 0. The molecule has 0 aliphatic carbocycles. The lowest BCUT2D eigenvalue weighted by Crippen LogP contribution is -2.25. The first-order valence-corrected chi connectivity index (χ1v) is 7.51. The molecule has 0 radical (unpaired) electrons. The summed E-state index contributed by atoms with van der Waals surface area (Å²) in [6.07, 6.45) is 0. The van der Waals surface area contributed by atoms with Gasteiger partial charge in [0.05, 0.1) is 5.41 Å². The van der Waals surface area contributed by atoms with Crippen LogP contribution in [-0.4, -0.2) is 11.0 Å². The number of fused-ring (bicyclic) bond motifs is 3. The third-order valence-corrected chi connectivity index (χ3v) is 3.96. The molecule has 0 aliphatic heterocycles. The third-order valence-electron chi connectivity index (χ3n) is 3.96. The lowest BCUT2D eigenvalue weighted by molar-refractivity contribution is -0.142. The fourth-order valence-electron chi connectivity index (χ4n) is 2.62. The largest absolute Gasteiger partial charge is 0.426 e. The first-order valence-electron chi connectivity index (χ1n) is 7.51. The van der Waals surface area contributed by atoms with E-state index < -0.39 is 5.41 Å². The van der Waals surface area contributed by atoms with Crippen molar-refractivity contribution in [3.05, 3.63) is 41.5 Å². The van der Waals surface area contributed by atoms with E-state index in [2.05, 4.69) is 31.0 Å². The predicted molar refractivity (Wildman–Crippen MR) is 90.4 cm³/mol. The number of ether oxygens (including phenoxy) is 1. The van der Waals surface area contributed by atoms with Crippen LogP contribution in [0.2, 0.25) is 0 Å². The van der Waals surface area contributed by atoms with Crippen molar-refractivity contribution >= 4 is 27.8 Å². The molecule has 0 bridgehead atoms. The van der Waals surface area contributed by atoms with E-state index in [9.17, 15) is 4.79 Å². The van der Waals surface area contributed by atoms with Crippen LogP contribution in [0.4, 0.5) is 0 Å². The predicted octanol–water partition coefficient (Wildman–Crippen LogP) is 4.89. The summed E-state index contributed by atoms with van der Waals surface area (Å²) in [5.41, 5.74) is 4.12. The number of nitrogens with one attached hydrogen (secondary N) is 1. The number of H-pyrrole nitrogens is 1. The fraction of sp³-hybridized carbons (Fsp3) is 0.316. The second kappa shape index (κ2) is 4.87. The van der Waals surface area contributed by atoms with Crippen molar-refractivity contribution in [1.82, 2.24) is 4.98 Å². The van der Waals surface area contributed by atoms with Gasteiger partial charge in [-0.3, -0.25) is 4.79 Å². The molecule has 3 nitrogen and oxygen atoms in total. The van der Waals surface area contributed by atoms with Crippen molar-refractivity contribution in [2.45, 2.75) is 34.6 Å². The molecular formula is C19H21NO2. The quantitative estimate of drug-likeness (QED) is 0.513. The molecule has 1 aromatic heterocycles. The molecular weight excluding hydrogens is 274 g/mol. The number of aromatic nitrogens is 1. The first-order chi connectivity index (χ1) is 10.3. The maximum absolute atomic E-state index is 12.1. The Labute approximate surface area is 130 Å². The van der Waals surface area contributed by atoms with E-state index in [1.807, 2.05) is 39.0 Å². The Morgan fingerprint density at radius 3 is 2.41 bits per heavy atom. The van der Waals surface area contributed by atoms with Crippen molar-refractivity contribution in [3.63, 3.8) is 0 Å². The molecule has 0 fully saturated rings. The van der Waals surface area contributed by atoms with Gasteiger partial charge in [-0.2, -0.15) is 0 Å². The van der Waals surface area contributed by atoms with E-state index >= 15 is 0 Å². The van der Waals surface area contributed by atoms with E-state index in [4.69, 9.17) is 4.74 Å². The first kappa shape index (κ1) is 14.6. The zero-order chi connectivity index (χ0) is 16.1. The Morgan fingerprint density at radius 2 is 1.73 bits per heavy atom. The van der Waals surface area contributed by atoms with Crippen molar-refractivity contribution in [3.8, 4) is 5.75 Å². The summed E-state index contributed by atoms with van der Waals surface area (Å²) in [4.78, 5) is 15.5. The van der Waals surface area contributed by atoms with Gasteiger partial charge in [-0.25, -0.2) is 0 Å². The molecule has 114 valence electrons. The Bertz CT molecular complexity index is 882. The highest BCUT2D eigenvalue weighted by Crippen LogP contribution is 2.33. The van der Waals surface area contributed by atoms with Crippen LogP contribution >= 0.6 is 0 Å². The van der Waals surface area contributed by atoms with Crippen LogP contribution in [0, 0.1) is 19.3 Å². The number of carbonyl (C=O) groups excluding carboxylic acids is 1. The van der Waals surface area contributed by atoms with Crippen LogP contribution in [0.15, 0.2) is 30.3 Å². The van der Waals surface area contributed by atoms with Crippen LogP contribution in [0.1, 0.15) is 31.9 Å². The van der Waals surface area contributed by atoms with Crippen LogP contribution in [0.25, 0.3) is 21.8 Å². The number of hydrogen-bond donors (Lipinski definition) is 1. The van der Waals surface area contributed by atoms with E-state index in [1.54, 1.807) is 0 Å². The van der Waals surface area contributed by atoms with Gasteiger partial charge in [-0.1, -0.05) is 12.1 Å². The molecule has 0 saturated carbocycles. The number of rotatable bonds is 1. The molecule has 2 aromatic carbocycles. The average Bonchev–Trinajstić information content (AvgIpc) is 2.82. The lowest BCUT2D eigenvalue weighted by Gasteiger charge is -2.16. The van der Waals surface area contributed by atoms with Crippen molar-refractivity contribution in [2.24, 2.45) is 5.41 Å². The molecule has 1 N–H and O–H groups in total. The molecule has 0 aliphatic rings. The molecule has 3 rings (SSSR count). The van der Waals surface area contributed by atoms with Crippen molar-refractivity contribution < 1.29 is 9.53 Å². The van der Waals surface area contributed by atoms with Gasteiger partial charge >= 0.3 is 5.97 Å². The molecule has 22 heavy (non-hydrogen) atoms. The highest BCUT2D eigenvalue weighted by Gasteiger charge is 2.24. The van der Waals surface area contributed by atoms with Gasteiger partial charge in [-0.15, -0.1) is 0 Å². The highest BCUT2D eigenvalue weighted by atomic mass is 16.5. The summed E-state index contributed by atoms with van der Waals surface area (Å²) in [5.74, 6) is 0.369. The van der Waals surface area contributed by atoms with Crippen LogP contribution in [-0.2, 0) is 4.79 Å². The van der Waals surface area contributed by atoms with E-state index in [1.165, 1.54) is 16.5 Å². The Morgan fingerprint density at radius 1 is 1.05 bits per heavy atom. The van der Waals surface area contributed by atoms with Gasteiger partial charge in [0, 0.05) is 21.8 Å². The maximum atomic E-state index is 12.1. The van der Waals surface area contributed by atoms with Crippen molar-refractivity contribution in [2.75, 3.05) is 0 Å². The van der Waals surface area contributed by atoms with E-state index in [-0.39, 0.29) is 5.97 Å². The Kier molecular flexibility index (Phi) is 3.24. The minimum absolute atomic E-state index is 0.223. The molecule has 0 saturated heterocycles. The normalized spacial score (nSPS) is 12.0. The number of esters is 1. The molecule has 0 unspecified atom stereocenters. The van der Waals surface area contributed by atoms with Crippen LogP contribution < -0.4 is 4.74 Å². The molecule has 3 heteroatoms. The smallest absolute Gasteiger partial charge is 0.316 e. The molecule has 0 spiro atoms. The van der Waals surface area contributed by atoms with E-state index in [0.29, 0.717) is 5.75 Å². The zero-order valence-corrected chi connectivity index (χ0v) is 13.7. The number of benzene rings is 2. The van der Waals surface area contributed by atoms with Gasteiger partial charge in [-0.05, 0) is 63.9 Å². The molecule has 0 amide bonds. The SMILES string of the molecule is Cc1ccc(C)c2c1[nH]c1ccc(OC(=O)C(C)(C)C)cc12. The second-order valence-electron chi connectivity index (χ2n) is 6.92. The summed E-state index contributed by atoms with van der Waals surface area (Å²) < 4.78 is 5.52. The van der Waals surface area contributed by atoms with Gasteiger partial charge in [0.15, 0.2) is 0 Å². The number of aromatic amines is 1. The minimum atomic E-state index is -0.512. The zero-order valence-electron chi connectivity index (χ0n) is 13.7. The van der Waals surface area contributed by atoms with Crippen molar-refractivity contribution in [1.29, 1.82) is 0 Å². The summed E-state index contributed by atoms with van der Waals surface area (Å²) in [7, 11) is 0. The third kappa shape index (κ3) is 2.37. The maximum Gasteiger partial charge on any atom is 0.316 e. The van der Waals surface area contributed by atoms with Gasteiger partial charge in [0.2, 0.25) is 0 Å². The van der Waals surface area contributed by atoms with Gasteiger partial charge in [0.1, 0.15) is 5.75 Å².